The molecule has 0 aliphatic heterocycles. The summed E-state index contributed by atoms with van der Waals surface area (Å²) in [6, 6.07) is 2.84. The van der Waals surface area contributed by atoms with Gasteiger partial charge in [-0.05, 0) is 26.0 Å². The first-order chi connectivity index (χ1) is 8.77. The van der Waals surface area contributed by atoms with E-state index in [-0.39, 0.29) is 23.2 Å². The molecule has 0 fully saturated rings. The molecule has 6 nitrogen and oxygen atoms in total. The van der Waals surface area contributed by atoms with Gasteiger partial charge in [-0.2, -0.15) is 0 Å². The monoisotopic (exact) mass is 284 g/mol. The highest BCUT2D eigenvalue weighted by Crippen LogP contribution is 2.17. The van der Waals surface area contributed by atoms with E-state index in [0.29, 0.717) is 4.88 Å². The fourth-order valence-corrected chi connectivity index (χ4v) is 2.14. The third-order valence-corrected chi connectivity index (χ3v) is 3.65. The quantitative estimate of drug-likeness (QED) is 0.750. The molecule has 0 aliphatic carbocycles. The van der Waals surface area contributed by atoms with Crippen molar-refractivity contribution >= 4 is 29.1 Å². The van der Waals surface area contributed by atoms with Crippen molar-refractivity contribution in [2.45, 2.75) is 13.8 Å². The maximum absolute atomic E-state index is 11.8. The Hall–Kier alpha value is -1.89. The molecule has 0 saturated heterocycles. The van der Waals surface area contributed by atoms with E-state index in [9.17, 15) is 14.4 Å². The van der Waals surface area contributed by atoms with E-state index in [2.05, 4.69) is 10.6 Å². The number of carboxylic acid groups (broad SMARTS) is 1. The lowest BCUT2D eigenvalue weighted by Gasteiger charge is -2.22. The number of hydrogen-bond acceptors (Lipinski definition) is 4. The summed E-state index contributed by atoms with van der Waals surface area (Å²) in [7, 11) is 1.53. The van der Waals surface area contributed by atoms with Crippen LogP contribution in [0.1, 0.15) is 33.2 Å². The largest absolute Gasteiger partial charge is 0.477 e. The van der Waals surface area contributed by atoms with Crippen molar-refractivity contribution in [2.75, 3.05) is 13.6 Å². The number of hydrogen-bond donors (Lipinski definition) is 3. The molecule has 0 aromatic carbocycles. The van der Waals surface area contributed by atoms with Crippen LogP contribution in [0.3, 0.4) is 0 Å². The van der Waals surface area contributed by atoms with Crippen molar-refractivity contribution in [3.8, 4) is 0 Å². The van der Waals surface area contributed by atoms with Crippen LogP contribution in [-0.4, -0.2) is 36.5 Å². The maximum atomic E-state index is 11.8. The van der Waals surface area contributed by atoms with E-state index in [0.717, 1.165) is 11.3 Å². The van der Waals surface area contributed by atoms with Gasteiger partial charge in [-0.3, -0.25) is 9.59 Å². The zero-order valence-electron chi connectivity index (χ0n) is 10.9. The first-order valence-electron chi connectivity index (χ1n) is 5.61. The lowest BCUT2D eigenvalue weighted by atomic mass is 9.92. The van der Waals surface area contributed by atoms with Crippen LogP contribution in [0.2, 0.25) is 0 Å². The highest BCUT2D eigenvalue weighted by molar-refractivity contribution is 7.15. The third-order valence-electron chi connectivity index (χ3n) is 2.57. The van der Waals surface area contributed by atoms with Gasteiger partial charge in [-0.15, -0.1) is 11.3 Å². The van der Waals surface area contributed by atoms with Crippen molar-refractivity contribution in [3.63, 3.8) is 0 Å². The van der Waals surface area contributed by atoms with Crippen LogP contribution in [0.15, 0.2) is 12.1 Å². The Labute approximate surface area is 114 Å². The van der Waals surface area contributed by atoms with Crippen molar-refractivity contribution in [1.82, 2.24) is 10.6 Å². The van der Waals surface area contributed by atoms with Gasteiger partial charge in [-0.25, -0.2) is 4.79 Å². The van der Waals surface area contributed by atoms with Gasteiger partial charge in [0.1, 0.15) is 4.88 Å². The second-order valence-corrected chi connectivity index (χ2v) is 5.70. The fourth-order valence-electron chi connectivity index (χ4n) is 1.38. The Morgan fingerprint density at radius 1 is 1.26 bits per heavy atom. The van der Waals surface area contributed by atoms with Gasteiger partial charge in [0.05, 0.1) is 10.3 Å². The van der Waals surface area contributed by atoms with Gasteiger partial charge in [0.15, 0.2) is 0 Å². The van der Waals surface area contributed by atoms with Crippen molar-refractivity contribution < 1.29 is 19.5 Å². The molecule has 19 heavy (non-hydrogen) atoms. The minimum absolute atomic E-state index is 0.107. The second-order valence-electron chi connectivity index (χ2n) is 4.61. The number of carbonyl (C=O) groups excluding carboxylic acids is 2. The SMILES string of the molecule is CNC(=O)C(C)(C)CNC(=O)c1ccc(C(=O)O)s1. The van der Waals surface area contributed by atoms with Gasteiger partial charge in [-0.1, -0.05) is 0 Å². The highest BCUT2D eigenvalue weighted by atomic mass is 32.1. The predicted molar refractivity (Wildman–Crippen MR) is 71.5 cm³/mol. The van der Waals surface area contributed by atoms with Crippen LogP contribution >= 0.6 is 11.3 Å². The van der Waals surface area contributed by atoms with Gasteiger partial charge in [0, 0.05) is 13.6 Å². The highest BCUT2D eigenvalue weighted by Gasteiger charge is 2.27. The standard InChI is InChI=1S/C12H16N2O4S/c1-12(2,11(18)13-3)6-14-9(15)7-4-5-8(19-7)10(16)17/h4-5H,6H2,1-3H3,(H,13,18)(H,14,15)(H,16,17). The fraction of sp³-hybridized carbons (Fsp3) is 0.417. The molecule has 3 N–H and O–H groups in total. The van der Waals surface area contributed by atoms with Crippen LogP contribution in [0, 0.1) is 5.41 Å². The van der Waals surface area contributed by atoms with Gasteiger partial charge < -0.3 is 15.7 Å². The van der Waals surface area contributed by atoms with Gasteiger partial charge in [0.2, 0.25) is 5.91 Å². The zero-order valence-corrected chi connectivity index (χ0v) is 11.8. The average molecular weight is 284 g/mol. The van der Waals surface area contributed by atoms with E-state index >= 15 is 0 Å². The lowest BCUT2D eigenvalue weighted by Crippen LogP contribution is -2.43. The molecule has 0 spiro atoms. The maximum Gasteiger partial charge on any atom is 0.345 e. The van der Waals surface area contributed by atoms with Crippen molar-refractivity contribution in [1.29, 1.82) is 0 Å². The average Bonchev–Trinajstić information content (AvgIpc) is 2.84. The molecular weight excluding hydrogens is 268 g/mol. The van der Waals surface area contributed by atoms with Crippen LogP contribution < -0.4 is 10.6 Å². The summed E-state index contributed by atoms with van der Waals surface area (Å²) in [6.07, 6.45) is 0. The number of amides is 2. The first-order valence-corrected chi connectivity index (χ1v) is 6.43. The van der Waals surface area contributed by atoms with Crippen molar-refractivity contribution in [2.24, 2.45) is 5.41 Å². The van der Waals surface area contributed by atoms with Gasteiger partial charge in [0.25, 0.3) is 5.91 Å². The number of aromatic carboxylic acids is 1. The number of thiophene rings is 1. The molecule has 1 rings (SSSR count). The summed E-state index contributed by atoms with van der Waals surface area (Å²) >= 11 is 0.902. The summed E-state index contributed by atoms with van der Waals surface area (Å²) in [5.74, 6) is -1.62. The molecule has 0 unspecified atom stereocenters. The van der Waals surface area contributed by atoms with Crippen LogP contribution in [0.5, 0.6) is 0 Å². The Morgan fingerprint density at radius 2 is 1.84 bits per heavy atom. The smallest absolute Gasteiger partial charge is 0.345 e. The molecule has 0 aliphatic rings. The molecular formula is C12H16N2O4S. The number of rotatable bonds is 5. The molecule has 1 heterocycles. The van der Waals surface area contributed by atoms with E-state index in [1.54, 1.807) is 13.8 Å². The minimum Gasteiger partial charge on any atom is -0.477 e. The predicted octanol–water partition coefficient (Wildman–Crippen LogP) is 0.948. The number of carbonyl (C=O) groups is 3. The summed E-state index contributed by atoms with van der Waals surface area (Å²) in [5, 5.41) is 13.9. The van der Waals surface area contributed by atoms with Crippen LogP contribution in [-0.2, 0) is 4.79 Å². The topological polar surface area (TPSA) is 95.5 Å². The van der Waals surface area contributed by atoms with E-state index in [4.69, 9.17) is 5.11 Å². The van der Waals surface area contributed by atoms with Crippen LogP contribution in [0.25, 0.3) is 0 Å². The number of nitrogens with one attached hydrogen (secondary N) is 2. The summed E-state index contributed by atoms with van der Waals surface area (Å²) in [6.45, 7) is 3.60. The Morgan fingerprint density at radius 3 is 2.32 bits per heavy atom. The molecule has 0 bridgehead atoms. The van der Waals surface area contributed by atoms with E-state index in [1.807, 2.05) is 0 Å². The molecule has 104 valence electrons. The molecule has 0 radical (unpaired) electrons. The van der Waals surface area contributed by atoms with Gasteiger partial charge >= 0.3 is 5.97 Å². The summed E-state index contributed by atoms with van der Waals surface area (Å²) < 4.78 is 0. The second kappa shape index (κ2) is 5.83. The van der Waals surface area contributed by atoms with E-state index < -0.39 is 11.4 Å². The lowest BCUT2D eigenvalue weighted by molar-refractivity contribution is -0.128. The summed E-state index contributed by atoms with van der Waals surface area (Å²) in [4.78, 5) is 34.5. The minimum atomic E-state index is -1.06. The molecule has 1 aromatic rings. The summed E-state index contributed by atoms with van der Waals surface area (Å²) in [5.41, 5.74) is -0.725. The molecule has 1 aromatic heterocycles. The zero-order chi connectivity index (χ0) is 14.6. The first kappa shape index (κ1) is 15.2. The Balaban J connectivity index is 2.65. The van der Waals surface area contributed by atoms with E-state index in [1.165, 1.54) is 19.2 Å². The van der Waals surface area contributed by atoms with Crippen LogP contribution in [0.4, 0.5) is 0 Å². The van der Waals surface area contributed by atoms with Crippen molar-refractivity contribution in [3.05, 3.63) is 21.9 Å². The molecule has 0 atom stereocenters. The molecule has 7 heteroatoms. The number of carboxylic acids is 1. The molecule has 0 saturated carbocycles. The molecule has 2 amide bonds. The Kier molecular flexibility index (Phi) is 4.66. The third kappa shape index (κ3) is 3.78. The Bertz CT molecular complexity index is 508. The normalized spacial score (nSPS) is 10.9.